The van der Waals surface area contributed by atoms with E-state index in [2.05, 4.69) is 20.6 Å². The maximum absolute atomic E-state index is 12.4. The van der Waals surface area contributed by atoms with Crippen LogP contribution in [0.2, 0.25) is 0 Å². The molecule has 0 spiro atoms. The average Bonchev–Trinajstić information content (AvgIpc) is 2.63. The van der Waals surface area contributed by atoms with Crippen LogP contribution in [0.3, 0.4) is 0 Å². The molecule has 0 saturated heterocycles. The summed E-state index contributed by atoms with van der Waals surface area (Å²) < 4.78 is 5.74. The second kappa shape index (κ2) is 7.86. The van der Waals surface area contributed by atoms with Crippen molar-refractivity contribution in [3.8, 4) is 11.5 Å². The van der Waals surface area contributed by atoms with Gasteiger partial charge in [0.2, 0.25) is 5.95 Å². The number of rotatable bonds is 5. The van der Waals surface area contributed by atoms with Crippen molar-refractivity contribution in [3.05, 3.63) is 72.6 Å². The normalized spacial score (nSPS) is 10.9. The summed E-state index contributed by atoms with van der Waals surface area (Å²) in [4.78, 5) is 20.9. The van der Waals surface area contributed by atoms with E-state index in [4.69, 9.17) is 4.74 Å². The Kier molecular flexibility index (Phi) is 5.35. The monoisotopic (exact) mass is 362 g/mol. The number of aromatic nitrogens is 2. The summed E-state index contributed by atoms with van der Waals surface area (Å²) in [5.74, 6) is 1.57. The van der Waals surface area contributed by atoms with E-state index in [1.54, 1.807) is 36.5 Å². The first kappa shape index (κ1) is 18.4. The van der Waals surface area contributed by atoms with E-state index in [0.29, 0.717) is 23.1 Å². The largest absolute Gasteiger partial charge is 0.457 e. The molecule has 0 radical (unpaired) electrons. The number of nitrogens with zero attached hydrogens (tertiary/aromatic N) is 2. The van der Waals surface area contributed by atoms with Gasteiger partial charge >= 0.3 is 0 Å². The fourth-order valence-corrected chi connectivity index (χ4v) is 2.31. The van der Waals surface area contributed by atoms with Crippen molar-refractivity contribution in [2.45, 2.75) is 26.3 Å². The first-order valence-electron chi connectivity index (χ1n) is 8.65. The van der Waals surface area contributed by atoms with Crippen molar-refractivity contribution in [1.82, 2.24) is 9.97 Å². The topological polar surface area (TPSA) is 76.1 Å². The minimum Gasteiger partial charge on any atom is -0.457 e. The Bertz CT molecular complexity index is 903. The van der Waals surface area contributed by atoms with E-state index >= 15 is 0 Å². The van der Waals surface area contributed by atoms with Crippen LogP contribution in [0.4, 0.5) is 11.6 Å². The highest BCUT2D eigenvalue weighted by atomic mass is 16.5. The molecule has 0 unspecified atom stereocenters. The van der Waals surface area contributed by atoms with Gasteiger partial charge < -0.3 is 15.4 Å². The third kappa shape index (κ3) is 5.54. The molecule has 2 aromatic carbocycles. The molecule has 6 nitrogen and oxygen atoms in total. The highest BCUT2D eigenvalue weighted by Gasteiger charge is 2.14. The van der Waals surface area contributed by atoms with Gasteiger partial charge in [-0.25, -0.2) is 9.97 Å². The fraction of sp³-hybridized carbons (Fsp3) is 0.190. The van der Waals surface area contributed by atoms with Gasteiger partial charge in [-0.1, -0.05) is 18.2 Å². The van der Waals surface area contributed by atoms with Crippen LogP contribution in [-0.4, -0.2) is 21.4 Å². The van der Waals surface area contributed by atoms with Crippen LogP contribution >= 0.6 is 0 Å². The van der Waals surface area contributed by atoms with Gasteiger partial charge in [0.1, 0.15) is 17.2 Å². The molecule has 1 amide bonds. The zero-order valence-electron chi connectivity index (χ0n) is 15.6. The van der Waals surface area contributed by atoms with Gasteiger partial charge in [-0.05, 0) is 63.2 Å². The molecular formula is C21H22N4O2. The van der Waals surface area contributed by atoms with Crippen molar-refractivity contribution in [2.24, 2.45) is 0 Å². The lowest BCUT2D eigenvalue weighted by atomic mass is 10.1. The molecule has 0 aliphatic rings. The second-order valence-electron chi connectivity index (χ2n) is 7.03. The summed E-state index contributed by atoms with van der Waals surface area (Å²) in [5, 5.41) is 5.98. The lowest BCUT2D eigenvalue weighted by Crippen LogP contribution is -2.28. The van der Waals surface area contributed by atoms with E-state index in [1.165, 1.54) is 0 Å². The molecule has 0 bridgehead atoms. The molecule has 1 heterocycles. The summed E-state index contributed by atoms with van der Waals surface area (Å²) in [6, 6.07) is 18.3. The minimum absolute atomic E-state index is 0.191. The number of hydrogen-bond donors (Lipinski definition) is 2. The average molecular weight is 362 g/mol. The van der Waals surface area contributed by atoms with E-state index in [-0.39, 0.29) is 11.4 Å². The quantitative estimate of drug-likeness (QED) is 0.686. The number of anilines is 2. The molecule has 1 aromatic heterocycles. The predicted molar refractivity (Wildman–Crippen MR) is 106 cm³/mol. The summed E-state index contributed by atoms with van der Waals surface area (Å²) in [6.45, 7) is 6.01. The number of nitrogens with one attached hydrogen (secondary N) is 2. The zero-order valence-corrected chi connectivity index (χ0v) is 15.6. The number of benzene rings is 2. The lowest BCUT2D eigenvalue weighted by molar-refractivity contribution is 0.102. The number of ether oxygens (including phenoxy) is 1. The number of hydrogen-bond acceptors (Lipinski definition) is 5. The van der Waals surface area contributed by atoms with Crippen LogP contribution in [0.15, 0.2) is 66.9 Å². The molecule has 0 aliphatic carbocycles. The van der Waals surface area contributed by atoms with Crippen molar-refractivity contribution in [1.29, 1.82) is 0 Å². The van der Waals surface area contributed by atoms with Crippen LogP contribution in [0, 0.1) is 0 Å². The first-order chi connectivity index (χ1) is 12.9. The highest BCUT2D eigenvalue weighted by Crippen LogP contribution is 2.22. The number of carbonyl (C=O) groups is 1. The van der Waals surface area contributed by atoms with Crippen molar-refractivity contribution in [2.75, 3.05) is 10.6 Å². The SMILES string of the molecule is CC(C)(C)Nc1nccc(C(=O)Nc2ccc(Oc3ccccc3)cc2)n1. The van der Waals surface area contributed by atoms with Gasteiger partial charge in [-0.15, -0.1) is 0 Å². The molecule has 138 valence electrons. The third-order valence-corrected chi connectivity index (χ3v) is 3.47. The zero-order chi connectivity index (χ0) is 19.3. The summed E-state index contributed by atoms with van der Waals surface area (Å²) in [6.07, 6.45) is 1.56. The number of para-hydroxylation sites is 1. The van der Waals surface area contributed by atoms with E-state index in [1.807, 2.05) is 51.1 Å². The second-order valence-corrected chi connectivity index (χ2v) is 7.03. The number of amides is 1. The molecule has 27 heavy (non-hydrogen) atoms. The molecule has 3 aromatic rings. The minimum atomic E-state index is -0.300. The van der Waals surface area contributed by atoms with Gasteiger partial charge in [0, 0.05) is 17.4 Å². The fourth-order valence-electron chi connectivity index (χ4n) is 2.31. The predicted octanol–water partition coefficient (Wildman–Crippen LogP) is 4.73. The van der Waals surface area contributed by atoms with Crippen molar-refractivity contribution < 1.29 is 9.53 Å². The summed E-state index contributed by atoms with van der Waals surface area (Å²) >= 11 is 0. The smallest absolute Gasteiger partial charge is 0.274 e. The first-order valence-corrected chi connectivity index (χ1v) is 8.65. The van der Waals surface area contributed by atoms with Crippen LogP contribution in [0.25, 0.3) is 0 Å². The molecule has 0 aliphatic heterocycles. The van der Waals surface area contributed by atoms with Crippen LogP contribution in [-0.2, 0) is 0 Å². The summed E-state index contributed by atoms with van der Waals surface area (Å²) in [7, 11) is 0. The molecule has 0 saturated carbocycles. The maximum atomic E-state index is 12.4. The number of carbonyl (C=O) groups excluding carboxylic acids is 1. The standard InChI is InChI=1S/C21H22N4O2/c1-21(2,3)25-20-22-14-13-18(24-20)19(26)23-15-9-11-17(12-10-15)27-16-7-5-4-6-8-16/h4-14H,1-3H3,(H,23,26)(H,22,24,25). The summed E-state index contributed by atoms with van der Waals surface area (Å²) in [5.41, 5.74) is 0.759. The van der Waals surface area contributed by atoms with Crippen LogP contribution < -0.4 is 15.4 Å². The van der Waals surface area contributed by atoms with Gasteiger partial charge in [-0.3, -0.25) is 4.79 Å². The Morgan fingerprint density at radius 2 is 1.59 bits per heavy atom. The molecule has 2 N–H and O–H groups in total. The van der Waals surface area contributed by atoms with Crippen molar-refractivity contribution >= 4 is 17.5 Å². The molecule has 6 heteroatoms. The molecular weight excluding hydrogens is 340 g/mol. The van der Waals surface area contributed by atoms with Gasteiger partial charge in [0.15, 0.2) is 0 Å². The van der Waals surface area contributed by atoms with Gasteiger partial charge in [-0.2, -0.15) is 0 Å². The van der Waals surface area contributed by atoms with E-state index in [9.17, 15) is 4.79 Å². The Morgan fingerprint density at radius 1 is 0.926 bits per heavy atom. The third-order valence-electron chi connectivity index (χ3n) is 3.47. The molecule has 3 rings (SSSR count). The Morgan fingerprint density at radius 3 is 2.26 bits per heavy atom. The molecule has 0 fully saturated rings. The Labute approximate surface area is 158 Å². The lowest BCUT2D eigenvalue weighted by Gasteiger charge is -2.20. The van der Waals surface area contributed by atoms with Crippen LogP contribution in [0.5, 0.6) is 11.5 Å². The molecule has 0 atom stereocenters. The maximum Gasteiger partial charge on any atom is 0.274 e. The highest BCUT2D eigenvalue weighted by molar-refractivity contribution is 6.03. The Balaban J connectivity index is 1.65. The van der Waals surface area contributed by atoms with Crippen LogP contribution in [0.1, 0.15) is 31.3 Å². The van der Waals surface area contributed by atoms with E-state index < -0.39 is 0 Å². The van der Waals surface area contributed by atoms with Crippen molar-refractivity contribution in [3.63, 3.8) is 0 Å². The Hall–Kier alpha value is -3.41. The van der Waals surface area contributed by atoms with E-state index in [0.717, 1.165) is 5.75 Å². The van der Waals surface area contributed by atoms with Gasteiger partial charge in [0.25, 0.3) is 5.91 Å². The van der Waals surface area contributed by atoms with Gasteiger partial charge in [0.05, 0.1) is 0 Å².